The molecule has 0 unspecified atom stereocenters. The quantitative estimate of drug-likeness (QED) is 0.181. The highest BCUT2D eigenvalue weighted by Gasteiger charge is 2.28. The molecule has 0 radical (unpaired) electrons. The first-order valence-corrected chi connectivity index (χ1v) is 20.1. The Kier molecular flexibility index (Phi) is 6.48. The summed E-state index contributed by atoms with van der Waals surface area (Å²) >= 11 is 3.61. The van der Waals surface area contributed by atoms with Gasteiger partial charge in [0.05, 0.1) is 44.6 Å². The van der Waals surface area contributed by atoms with Crippen LogP contribution in [0.2, 0.25) is 0 Å². The number of rotatable bonds is 3. The third kappa shape index (κ3) is 4.20. The summed E-state index contributed by atoms with van der Waals surface area (Å²) in [4.78, 5) is 0. The van der Waals surface area contributed by atoms with Crippen molar-refractivity contribution in [2.75, 3.05) is 0 Å². The van der Waals surface area contributed by atoms with Crippen LogP contribution >= 0.6 is 22.7 Å². The van der Waals surface area contributed by atoms with Gasteiger partial charge in [-0.25, -0.2) is 0 Å². The fourth-order valence-corrected chi connectivity index (χ4v) is 11.3. The molecule has 0 saturated heterocycles. The monoisotopic (exact) mass is 746 g/mol. The lowest BCUT2D eigenvalue weighted by atomic mass is 9.93. The number of fused-ring (bicyclic) bond motifs is 12. The summed E-state index contributed by atoms with van der Waals surface area (Å²) < 4.78 is 9.49. The van der Waals surface area contributed by atoms with E-state index in [-0.39, 0.29) is 0 Å². The number of hydrogen-bond donors (Lipinski definition) is 0. The number of nitriles is 2. The molecule has 4 nitrogen and oxygen atoms in total. The van der Waals surface area contributed by atoms with Crippen molar-refractivity contribution in [3.05, 3.63) is 169 Å². The fourth-order valence-electron chi connectivity index (χ4n) is 9.03. The smallest absolute Gasteiger partial charge is 0.101 e. The Morgan fingerprint density at radius 3 is 1.27 bits per heavy atom. The summed E-state index contributed by atoms with van der Waals surface area (Å²) in [6.45, 7) is 0. The third-order valence-corrected chi connectivity index (χ3v) is 13.6. The van der Waals surface area contributed by atoms with Crippen LogP contribution in [0.15, 0.2) is 158 Å². The number of para-hydroxylation sites is 2. The molecule has 4 heterocycles. The van der Waals surface area contributed by atoms with Crippen molar-refractivity contribution < 1.29 is 0 Å². The van der Waals surface area contributed by atoms with E-state index in [0.717, 1.165) is 66.1 Å². The normalized spacial score (nSPS) is 11.9. The van der Waals surface area contributed by atoms with Gasteiger partial charge in [0.2, 0.25) is 0 Å². The fraction of sp³-hybridized carbons (Fsp3) is 0. The van der Waals surface area contributed by atoms with Gasteiger partial charge >= 0.3 is 0 Å². The van der Waals surface area contributed by atoms with E-state index in [1.165, 1.54) is 40.3 Å². The maximum atomic E-state index is 11.1. The second-order valence-electron chi connectivity index (χ2n) is 14.3. The molecule has 0 amide bonds. The van der Waals surface area contributed by atoms with Crippen LogP contribution < -0.4 is 0 Å². The van der Waals surface area contributed by atoms with Crippen LogP contribution in [0.4, 0.5) is 0 Å². The zero-order valence-corrected chi connectivity index (χ0v) is 31.2. The molecule has 0 aliphatic carbocycles. The molecular weight excluding hydrogens is 721 g/mol. The van der Waals surface area contributed by atoms with Gasteiger partial charge in [0.1, 0.15) is 12.1 Å². The average molecular weight is 747 g/mol. The average Bonchev–Trinajstić information content (AvgIpc) is 3.99. The van der Waals surface area contributed by atoms with E-state index in [0.29, 0.717) is 11.1 Å². The summed E-state index contributed by atoms with van der Waals surface area (Å²) in [7, 11) is 0. The van der Waals surface area contributed by atoms with Crippen LogP contribution in [0.1, 0.15) is 11.1 Å². The van der Waals surface area contributed by atoms with Gasteiger partial charge in [0, 0.05) is 67.5 Å². The molecule has 0 bridgehead atoms. The Hall–Kier alpha value is -7.22. The standard InChI is InChI=1S/C50H26N4S2/c51-27-30-22-31(28-52)50(54-41-19-9-5-15-33(41)37-26-47-39(24-43(37)54)35-17-7-11-21-45(35)56-47)48(29-12-2-1-3-13-29)49(30)53-40-18-8-4-14-32(40)36-25-46-38(23-42(36)53)34-16-6-10-20-44(34)55-46/h1-26H. The maximum Gasteiger partial charge on any atom is 0.101 e. The predicted molar refractivity (Wildman–Crippen MR) is 236 cm³/mol. The van der Waals surface area contributed by atoms with E-state index < -0.39 is 0 Å². The number of thiophene rings is 2. The minimum absolute atomic E-state index is 0.439. The molecule has 12 aromatic rings. The maximum absolute atomic E-state index is 11.1. The zero-order chi connectivity index (χ0) is 37.1. The number of hydrogen-bond acceptors (Lipinski definition) is 4. The zero-order valence-electron chi connectivity index (χ0n) is 29.6. The first-order valence-electron chi connectivity index (χ1n) is 18.5. The highest BCUT2D eigenvalue weighted by atomic mass is 32.1. The summed E-state index contributed by atoms with van der Waals surface area (Å²) in [6, 6.07) is 60.5. The van der Waals surface area contributed by atoms with Gasteiger partial charge in [0.25, 0.3) is 0 Å². The van der Waals surface area contributed by atoms with Crippen molar-refractivity contribution in [3.63, 3.8) is 0 Å². The van der Waals surface area contributed by atoms with E-state index in [2.05, 4.69) is 155 Å². The van der Waals surface area contributed by atoms with E-state index >= 15 is 0 Å². The number of nitrogens with zero attached hydrogens (tertiary/aromatic N) is 4. The molecule has 8 aromatic carbocycles. The van der Waals surface area contributed by atoms with Crippen molar-refractivity contribution in [3.8, 4) is 34.6 Å². The molecule has 12 rings (SSSR count). The van der Waals surface area contributed by atoms with E-state index in [1.54, 1.807) is 6.07 Å². The van der Waals surface area contributed by atoms with Crippen molar-refractivity contribution >= 4 is 107 Å². The molecule has 6 heteroatoms. The van der Waals surface area contributed by atoms with Gasteiger partial charge in [-0.1, -0.05) is 103 Å². The lowest BCUT2D eigenvalue weighted by molar-refractivity contribution is 1.12. The molecule has 258 valence electrons. The van der Waals surface area contributed by atoms with E-state index in [9.17, 15) is 10.5 Å². The summed E-state index contributed by atoms with van der Waals surface area (Å²) in [5, 5.41) is 31.5. The first-order chi connectivity index (χ1) is 27.7. The molecule has 0 N–H and O–H groups in total. The van der Waals surface area contributed by atoms with Crippen LogP contribution in [0, 0.1) is 22.7 Å². The molecule has 0 saturated carbocycles. The second-order valence-corrected chi connectivity index (χ2v) is 16.4. The highest BCUT2D eigenvalue weighted by Crippen LogP contribution is 2.47. The minimum Gasteiger partial charge on any atom is -0.307 e. The molecule has 56 heavy (non-hydrogen) atoms. The largest absolute Gasteiger partial charge is 0.307 e. The Bertz CT molecular complexity index is 3510. The van der Waals surface area contributed by atoms with Crippen molar-refractivity contribution in [1.82, 2.24) is 9.13 Å². The third-order valence-electron chi connectivity index (χ3n) is 11.4. The number of benzene rings is 8. The lowest BCUT2D eigenvalue weighted by Gasteiger charge is -2.22. The Morgan fingerprint density at radius 1 is 0.357 bits per heavy atom. The first kappa shape index (κ1) is 31.2. The molecule has 0 spiro atoms. The van der Waals surface area contributed by atoms with Gasteiger partial charge < -0.3 is 9.13 Å². The van der Waals surface area contributed by atoms with Gasteiger partial charge in [-0.15, -0.1) is 22.7 Å². The Balaban J connectivity index is 1.31. The van der Waals surface area contributed by atoms with E-state index in [4.69, 9.17) is 0 Å². The summed E-state index contributed by atoms with van der Waals surface area (Å²) in [5.41, 5.74) is 8.18. The van der Waals surface area contributed by atoms with Crippen LogP contribution in [-0.2, 0) is 0 Å². The summed E-state index contributed by atoms with van der Waals surface area (Å²) in [6.07, 6.45) is 0. The minimum atomic E-state index is 0.439. The molecule has 0 aliphatic rings. The van der Waals surface area contributed by atoms with Crippen LogP contribution in [0.3, 0.4) is 0 Å². The van der Waals surface area contributed by atoms with Crippen molar-refractivity contribution in [1.29, 1.82) is 10.5 Å². The molecular formula is C50H26N4S2. The number of aromatic nitrogens is 2. The second kappa shape index (κ2) is 11.6. The van der Waals surface area contributed by atoms with Crippen molar-refractivity contribution in [2.45, 2.75) is 0 Å². The molecule has 4 aromatic heterocycles. The molecule has 0 fully saturated rings. The van der Waals surface area contributed by atoms with E-state index in [1.807, 2.05) is 40.9 Å². The summed E-state index contributed by atoms with van der Waals surface area (Å²) in [5.74, 6) is 0. The Morgan fingerprint density at radius 2 is 0.786 bits per heavy atom. The Labute approximate surface area is 328 Å². The van der Waals surface area contributed by atoms with Gasteiger partial charge in [-0.2, -0.15) is 10.5 Å². The molecule has 0 aliphatic heterocycles. The lowest BCUT2D eigenvalue weighted by Crippen LogP contribution is -2.08. The SMILES string of the molecule is N#Cc1cc(C#N)c(-n2c3ccccc3c3cc4sc5ccccc5c4cc32)c(-c2ccccc2)c1-n1c2ccccc2c2cc3sc4ccccc4c3cc21. The van der Waals surface area contributed by atoms with Crippen LogP contribution in [0.5, 0.6) is 0 Å². The van der Waals surface area contributed by atoms with Gasteiger partial charge in [-0.05, 0) is 60.2 Å². The van der Waals surface area contributed by atoms with Crippen LogP contribution in [-0.4, -0.2) is 9.13 Å². The van der Waals surface area contributed by atoms with Gasteiger partial charge in [0.15, 0.2) is 0 Å². The van der Waals surface area contributed by atoms with Gasteiger partial charge in [-0.3, -0.25) is 0 Å². The highest BCUT2D eigenvalue weighted by molar-refractivity contribution is 7.26. The molecule has 0 atom stereocenters. The van der Waals surface area contributed by atoms with Crippen LogP contribution in [0.25, 0.3) is 106 Å². The van der Waals surface area contributed by atoms with Crippen molar-refractivity contribution in [2.24, 2.45) is 0 Å². The topological polar surface area (TPSA) is 57.4 Å². The predicted octanol–water partition coefficient (Wildman–Crippen LogP) is 14.0.